The molecule has 0 saturated carbocycles. The molecule has 4 atom stereocenters. The number of aliphatic carboxylic acids is 1. The zero-order valence-electron chi connectivity index (χ0n) is 20.6. The van der Waals surface area contributed by atoms with Gasteiger partial charge in [-0.3, -0.25) is 19.2 Å². The van der Waals surface area contributed by atoms with Crippen molar-refractivity contribution in [3.05, 3.63) is 59.7 Å². The summed E-state index contributed by atoms with van der Waals surface area (Å²) in [5.74, 6) is -4.64. The second kappa shape index (κ2) is 13.6. The Morgan fingerprint density at radius 1 is 0.737 bits per heavy atom. The number of nitrogens with one attached hydrogen (secondary N) is 3. The van der Waals surface area contributed by atoms with Gasteiger partial charge in [0, 0.05) is 6.42 Å². The molecular formula is C25H31N5O8. The third kappa shape index (κ3) is 9.43. The lowest BCUT2D eigenvalue weighted by Crippen LogP contribution is -2.57. The standard InChI is InChI=1S/C25H31N5O8/c1-13(22(34)30-20(25(37)38)11-15-4-8-17(32)9-5-15)28-24(36)19(12-21(27)33)29-23(35)18(26)10-14-2-6-16(31)7-3-14/h2-9,13,18-20,31-32H,10-12,26H2,1H3,(H2,27,33)(H,28,36)(H,29,35)(H,30,34)(H,37,38). The highest BCUT2D eigenvalue weighted by Gasteiger charge is 2.29. The first-order chi connectivity index (χ1) is 17.8. The summed E-state index contributed by atoms with van der Waals surface area (Å²) in [7, 11) is 0. The Morgan fingerprint density at radius 3 is 1.68 bits per heavy atom. The molecule has 10 N–H and O–H groups in total. The van der Waals surface area contributed by atoms with Gasteiger partial charge in [0.05, 0.1) is 12.5 Å². The zero-order chi connectivity index (χ0) is 28.4. The van der Waals surface area contributed by atoms with E-state index in [0.717, 1.165) is 0 Å². The first-order valence-corrected chi connectivity index (χ1v) is 11.6. The molecule has 0 aliphatic heterocycles. The summed E-state index contributed by atoms with van der Waals surface area (Å²) in [6.45, 7) is 1.30. The van der Waals surface area contributed by atoms with Crippen molar-refractivity contribution in [2.75, 3.05) is 0 Å². The van der Waals surface area contributed by atoms with Crippen LogP contribution in [0.3, 0.4) is 0 Å². The average molecular weight is 530 g/mol. The van der Waals surface area contributed by atoms with Crippen LogP contribution in [0.4, 0.5) is 0 Å². The van der Waals surface area contributed by atoms with Gasteiger partial charge < -0.3 is 42.7 Å². The summed E-state index contributed by atoms with van der Waals surface area (Å²) < 4.78 is 0. The van der Waals surface area contributed by atoms with Gasteiger partial charge in [0.25, 0.3) is 0 Å². The minimum absolute atomic E-state index is 0.0000823. The van der Waals surface area contributed by atoms with Gasteiger partial charge in [0.1, 0.15) is 29.6 Å². The number of benzene rings is 2. The average Bonchev–Trinajstić information content (AvgIpc) is 2.85. The van der Waals surface area contributed by atoms with Gasteiger partial charge in [0.15, 0.2) is 0 Å². The van der Waals surface area contributed by atoms with Gasteiger partial charge in [-0.15, -0.1) is 0 Å². The molecular weight excluding hydrogens is 498 g/mol. The molecule has 2 aromatic carbocycles. The first kappa shape index (κ1) is 29.6. The fourth-order valence-electron chi connectivity index (χ4n) is 3.41. The third-order valence-electron chi connectivity index (χ3n) is 5.51. The predicted octanol–water partition coefficient (Wildman–Crippen LogP) is -1.36. The summed E-state index contributed by atoms with van der Waals surface area (Å²) in [4.78, 5) is 61.1. The van der Waals surface area contributed by atoms with Crippen molar-refractivity contribution < 1.29 is 39.3 Å². The molecule has 0 spiro atoms. The van der Waals surface area contributed by atoms with E-state index in [-0.39, 0.29) is 24.3 Å². The number of nitrogens with two attached hydrogens (primary N) is 2. The van der Waals surface area contributed by atoms with Crippen LogP contribution in [0, 0.1) is 0 Å². The molecule has 0 radical (unpaired) electrons. The maximum Gasteiger partial charge on any atom is 0.326 e. The fourth-order valence-corrected chi connectivity index (χ4v) is 3.41. The van der Waals surface area contributed by atoms with E-state index in [1.807, 2.05) is 0 Å². The summed E-state index contributed by atoms with van der Waals surface area (Å²) in [5.41, 5.74) is 12.3. The molecule has 0 bridgehead atoms. The molecule has 38 heavy (non-hydrogen) atoms. The van der Waals surface area contributed by atoms with E-state index >= 15 is 0 Å². The number of amides is 4. The number of aromatic hydroxyl groups is 2. The minimum atomic E-state index is -1.44. The topological polar surface area (TPSA) is 234 Å². The van der Waals surface area contributed by atoms with E-state index in [1.165, 1.54) is 43.3 Å². The van der Waals surface area contributed by atoms with Gasteiger partial charge in [-0.2, -0.15) is 0 Å². The highest BCUT2D eigenvalue weighted by atomic mass is 16.4. The number of primary amides is 1. The summed E-state index contributed by atoms with van der Waals surface area (Å²) in [6, 6.07) is 6.67. The number of carbonyl (C=O) groups is 5. The van der Waals surface area contributed by atoms with Crippen molar-refractivity contribution in [2.24, 2.45) is 11.5 Å². The largest absolute Gasteiger partial charge is 0.508 e. The highest BCUT2D eigenvalue weighted by molar-refractivity contribution is 5.96. The van der Waals surface area contributed by atoms with E-state index in [1.54, 1.807) is 12.1 Å². The van der Waals surface area contributed by atoms with Crippen LogP contribution in [0.1, 0.15) is 24.5 Å². The van der Waals surface area contributed by atoms with Crippen molar-refractivity contribution in [1.29, 1.82) is 0 Å². The first-order valence-electron chi connectivity index (χ1n) is 11.6. The molecule has 13 heteroatoms. The van der Waals surface area contributed by atoms with Crippen molar-refractivity contribution in [3.63, 3.8) is 0 Å². The fraction of sp³-hybridized carbons (Fsp3) is 0.320. The van der Waals surface area contributed by atoms with Gasteiger partial charge in [-0.05, 0) is 48.7 Å². The van der Waals surface area contributed by atoms with Crippen LogP contribution in [-0.2, 0) is 36.8 Å². The Morgan fingerprint density at radius 2 is 1.21 bits per heavy atom. The Bertz CT molecular complexity index is 1150. The Labute approximate surface area is 218 Å². The van der Waals surface area contributed by atoms with Crippen LogP contribution in [0.2, 0.25) is 0 Å². The molecule has 0 fully saturated rings. The SMILES string of the molecule is CC(NC(=O)C(CC(N)=O)NC(=O)C(N)Cc1ccc(O)cc1)C(=O)NC(Cc1ccc(O)cc1)C(=O)O. The molecule has 0 aromatic heterocycles. The molecule has 2 aromatic rings. The third-order valence-corrected chi connectivity index (χ3v) is 5.51. The number of phenols is 2. The smallest absolute Gasteiger partial charge is 0.326 e. The monoisotopic (exact) mass is 529 g/mol. The molecule has 0 aliphatic carbocycles. The summed E-state index contributed by atoms with van der Waals surface area (Å²) in [6.07, 6.45) is -0.578. The number of carbonyl (C=O) groups excluding carboxylic acids is 4. The van der Waals surface area contributed by atoms with Gasteiger partial charge in [0.2, 0.25) is 23.6 Å². The van der Waals surface area contributed by atoms with Gasteiger partial charge >= 0.3 is 5.97 Å². The molecule has 4 amide bonds. The highest BCUT2D eigenvalue weighted by Crippen LogP contribution is 2.12. The molecule has 2 rings (SSSR count). The van der Waals surface area contributed by atoms with E-state index in [4.69, 9.17) is 11.5 Å². The van der Waals surface area contributed by atoms with E-state index < -0.39 is 60.2 Å². The maximum absolute atomic E-state index is 12.8. The summed E-state index contributed by atoms with van der Waals surface area (Å²) >= 11 is 0. The van der Waals surface area contributed by atoms with Crippen LogP contribution in [0.15, 0.2) is 48.5 Å². The Balaban J connectivity index is 1.99. The number of hydrogen-bond donors (Lipinski definition) is 8. The maximum atomic E-state index is 12.8. The Kier molecular flexibility index (Phi) is 10.6. The molecule has 0 aliphatic rings. The van der Waals surface area contributed by atoms with E-state index in [0.29, 0.717) is 11.1 Å². The van der Waals surface area contributed by atoms with Crippen molar-refractivity contribution >= 4 is 29.6 Å². The quantitative estimate of drug-likeness (QED) is 0.153. The van der Waals surface area contributed by atoms with Crippen LogP contribution in [-0.4, -0.2) is 69.1 Å². The second-order valence-electron chi connectivity index (χ2n) is 8.71. The minimum Gasteiger partial charge on any atom is -0.508 e. The summed E-state index contributed by atoms with van der Waals surface area (Å²) in [5, 5.41) is 35.2. The lowest BCUT2D eigenvalue weighted by atomic mass is 10.0. The lowest BCUT2D eigenvalue weighted by molar-refractivity contribution is -0.142. The van der Waals surface area contributed by atoms with Crippen molar-refractivity contribution in [3.8, 4) is 11.5 Å². The normalized spacial score (nSPS) is 13.8. The van der Waals surface area contributed by atoms with Crippen LogP contribution >= 0.6 is 0 Å². The van der Waals surface area contributed by atoms with Crippen LogP contribution < -0.4 is 27.4 Å². The number of carboxylic acids is 1. The van der Waals surface area contributed by atoms with E-state index in [9.17, 15) is 39.3 Å². The molecule has 0 saturated heterocycles. The number of rotatable bonds is 13. The van der Waals surface area contributed by atoms with Crippen molar-refractivity contribution in [2.45, 2.75) is 50.4 Å². The number of hydrogen-bond acceptors (Lipinski definition) is 8. The van der Waals surface area contributed by atoms with E-state index in [2.05, 4.69) is 16.0 Å². The lowest BCUT2D eigenvalue weighted by Gasteiger charge is -2.23. The molecule has 204 valence electrons. The van der Waals surface area contributed by atoms with Crippen molar-refractivity contribution in [1.82, 2.24) is 16.0 Å². The predicted molar refractivity (Wildman–Crippen MR) is 135 cm³/mol. The van der Waals surface area contributed by atoms with Gasteiger partial charge in [-0.1, -0.05) is 24.3 Å². The number of phenolic OH excluding ortho intramolecular Hbond substituents is 2. The number of carboxylic acid groups (broad SMARTS) is 1. The molecule has 13 nitrogen and oxygen atoms in total. The second-order valence-corrected chi connectivity index (χ2v) is 8.71. The van der Waals surface area contributed by atoms with Crippen LogP contribution in [0.25, 0.3) is 0 Å². The zero-order valence-corrected chi connectivity index (χ0v) is 20.6. The van der Waals surface area contributed by atoms with Crippen LogP contribution in [0.5, 0.6) is 11.5 Å². The Hall–Kier alpha value is -4.65. The molecule has 4 unspecified atom stereocenters. The molecule has 0 heterocycles. The van der Waals surface area contributed by atoms with Gasteiger partial charge in [-0.25, -0.2) is 4.79 Å².